The highest BCUT2D eigenvalue weighted by Gasteiger charge is 2.16. The monoisotopic (exact) mass is 313 g/mol. The van der Waals surface area contributed by atoms with Crippen LogP contribution in [0.5, 0.6) is 0 Å². The molecule has 0 spiro atoms. The lowest BCUT2D eigenvalue weighted by Crippen LogP contribution is -2.25. The summed E-state index contributed by atoms with van der Waals surface area (Å²) in [6.07, 6.45) is 0. The van der Waals surface area contributed by atoms with Gasteiger partial charge in [-0.25, -0.2) is 0 Å². The topological polar surface area (TPSA) is 42.2 Å². The molecule has 17 heavy (non-hydrogen) atoms. The van der Waals surface area contributed by atoms with Crippen LogP contribution in [0.1, 0.15) is 16.1 Å². The summed E-state index contributed by atoms with van der Waals surface area (Å²) in [5.74, 6) is 0.792. The first-order valence-electron chi connectivity index (χ1n) is 5.21. The zero-order chi connectivity index (χ0) is 12.4. The van der Waals surface area contributed by atoms with E-state index in [-0.39, 0.29) is 5.91 Å². The number of nitrogens with one attached hydrogen (secondary N) is 1. The minimum absolute atomic E-state index is 0.191. The predicted octanol–water partition coefficient (Wildman–Crippen LogP) is 3.16. The van der Waals surface area contributed by atoms with Crippen LogP contribution in [-0.4, -0.2) is 18.2 Å². The molecule has 0 saturated carbocycles. The molecular formula is C12H12BrNO2S. The summed E-state index contributed by atoms with van der Waals surface area (Å²) in [5.41, 5.74) is 1.58. The number of benzene rings is 1. The highest BCUT2D eigenvalue weighted by atomic mass is 79.9. The third kappa shape index (κ3) is 2.50. The fourth-order valence-electron chi connectivity index (χ4n) is 1.66. The van der Waals surface area contributed by atoms with E-state index in [0.29, 0.717) is 18.1 Å². The van der Waals surface area contributed by atoms with Crippen LogP contribution in [0.3, 0.4) is 0 Å². The highest BCUT2D eigenvalue weighted by molar-refractivity contribution is 9.10. The molecule has 0 aliphatic heterocycles. The lowest BCUT2D eigenvalue weighted by atomic mass is 10.1. The van der Waals surface area contributed by atoms with Crippen molar-refractivity contribution in [3.63, 3.8) is 0 Å². The Labute approximate surface area is 113 Å². The van der Waals surface area contributed by atoms with E-state index in [2.05, 4.69) is 33.9 Å². The molecular weight excluding hydrogens is 302 g/mol. The predicted molar refractivity (Wildman–Crippen MR) is 74.8 cm³/mol. The Morgan fingerprint density at radius 2 is 2.29 bits per heavy atom. The number of fused-ring (bicyclic) bond motifs is 1. The average molecular weight is 314 g/mol. The Kier molecular flexibility index (Phi) is 3.79. The number of carbonyl (C=O) groups is 1. The van der Waals surface area contributed by atoms with Gasteiger partial charge in [0.1, 0.15) is 5.58 Å². The van der Waals surface area contributed by atoms with Gasteiger partial charge >= 0.3 is 0 Å². The van der Waals surface area contributed by atoms with Gasteiger partial charge in [0.05, 0.1) is 0 Å². The molecule has 5 heteroatoms. The van der Waals surface area contributed by atoms with Crippen molar-refractivity contribution in [3.05, 3.63) is 34.0 Å². The van der Waals surface area contributed by atoms with Crippen molar-refractivity contribution in [2.24, 2.45) is 0 Å². The minimum atomic E-state index is -0.191. The maximum atomic E-state index is 11.8. The quantitative estimate of drug-likeness (QED) is 0.855. The van der Waals surface area contributed by atoms with Gasteiger partial charge in [-0.1, -0.05) is 15.9 Å². The van der Waals surface area contributed by atoms with Gasteiger partial charge in [-0.15, -0.1) is 0 Å². The number of halogens is 1. The fourth-order valence-corrected chi connectivity index (χ4v) is 2.13. The van der Waals surface area contributed by atoms with Gasteiger partial charge < -0.3 is 9.73 Å². The number of rotatable bonds is 3. The van der Waals surface area contributed by atoms with Gasteiger partial charge in [0.15, 0.2) is 5.76 Å². The van der Waals surface area contributed by atoms with Crippen molar-refractivity contribution in [2.75, 3.05) is 12.3 Å². The number of thiol groups is 1. The molecule has 0 aliphatic rings. The molecule has 0 aliphatic carbocycles. The maximum Gasteiger partial charge on any atom is 0.287 e. The molecule has 0 radical (unpaired) electrons. The molecule has 1 amide bonds. The lowest BCUT2D eigenvalue weighted by molar-refractivity contribution is 0.0930. The molecule has 1 aromatic carbocycles. The Hall–Kier alpha value is -0.940. The SMILES string of the molecule is Cc1c(C(=O)NCCS)oc2ccc(Br)cc12. The summed E-state index contributed by atoms with van der Waals surface area (Å²) in [6.45, 7) is 2.41. The summed E-state index contributed by atoms with van der Waals surface area (Å²) in [5, 5.41) is 3.70. The van der Waals surface area contributed by atoms with Crippen LogP contribution in [0.4, 0.5) is 0 Å². The van der Waals surface area contributed by atoms with Gasteiger partial charge in [-0.2, -0.15) is 12.6 Å². The van der Waals surface area contributed by atoms with Gasteiger partial charge in [-0.3, -0.25) is 4.79 Å². The highest BCUT2D eigenvalue weighted by Crippen LogP contribution is 2.27. The van der Waals surface area contributed by atoms with E-state index < -0.39 is 0 Å². The van der Waals surface area contributed by atoms with E-state index in [1.807, 2.05) is 25.1 Å². The zero-order valence-electron chi connectivity index (χ0n) is 9.29. The summed E-state index contributed by atoms with van der Waals surface area (Å²) in [6, 6.07) is 5.69. The van der Waals surface area contributed by atoms with Crippen molar-refractivity contribution >= 4 is 45.4 Å². The first kappa shape index (κ1) is 12.5. The average Bonchev–Trinajstić information content (AvgIpc) is 2.64. The Bertz CT molecular complexity index is 565. The van der Waals surface area contributed by atoms with Crippen LogP contribution in [0.25, 0.3) is 11.0 Å². The van der Waals surface area contributed by atoms with E-state index in [9.17, 15) is 4.79 Å². The van der Waals surface area contributed by atoms with Crippen LogP contribution >= 0.6 is 28.6 Å². The standard InChI is InChI=1S/C12H12BrNO2S/c1-7-9-6-8(13)2-3-10(9)16-11(7)12(15)14-4-5-17/h2-3,6,17H,4-5H2,1H3,(H,14,15). The third-order valence-corrected chi connectivity index (χ3v) is 3.22. The maximum absolute atomic E-state index is 11.8. The molecule has 0 saturated heterocycles. The number of hydrogen-bond acceptors (Lipinski definition) is 3. The Morgan fingerprint density at radius 1 is 1.53 bits per heavy atom. The second-order valence-electron chi connectivity index (χ2n) is 3.68. The van der Waals surface area contributed by atoms with Gasteiger partial charge in [0, 0.05) is 27.7 Å². The van der Waals surface area contributed by atoms with Crippen molar-refractivity contribution in [1.82, 2.24) is 5.32 Å². The van der Waals surface area contributed by atoms with Crippen LogP contribution in [0.15, 0.2) is 27.1 Å². The molecule has 2 rings (SSSR count). The Morgan fingerprint density at radius 3 is 3.00 bits per heavy atom. The first-order valence-corrected chi connectivity index (χ1v) is 6.63. The Balaban J connectivity index is 2.42. The molecule has 0 fully saturated rings. The molecule has 3 nitrogen and oxygen atoms in total. The van der Waals surface area contributed by atoms with Crippen molar-refractivity contribution in [3.8, 4) is 0 Å². The van der Waals surface area contributed by atoms with Crippen LogP contribution < -0.4 is 5.32 Å². The molecule has 1 N–H and O–H groups in total. The molecule has 0 unspecified atom stereocenters. The third-order valence-electron chi connectivity index (χ3n) is 2.50. The summed E-state index contributed by atoms with van der Waals surface area (Å²) >= 11 is 7.45. The second-order valence-corrected chi connectivity index (χ2v) is 5.04. The van der Waals surface area contributed by atoms with E-state index in [1.54, 1.807) is 0 Å². The van der Waals surface area contributed by atoms with Gasteiger partial charge in [0.2, 0.25) is 0 Å². The zero-order valence-corrected chi connectivity index (χ0v) is 11.8. The van der Waals surface area contributed by atoms with Crippen molar-refractivity contribution in [1.29, 1.82) is 0 Å². The van der Waals surface area contributed by atoms with E-state index >= 15 is 0 Å². The molecule has 1 aromatic heterocycles. The van der Waals surface area contributed by atoms with Crippen LogP contribution in [0, 0.1) is 6.92 Å². The molecule has 1 heterocycles. The number of furan rings is 1. The van der Waals surface area contributed by atoms with Crippen LogP contribution in [0.2, 0.25) is 0 Å². The van der Waals surface area contributed by atoms with Gasteiger partial charge in [0.25, 0.3) is 5.91 Å². The number of hydrogen-bond donors (Lipinski definition) is 2. The number of aryl methyl sites for hydroxylation is 1. The summed E-state index contributed by atoms with van der Waals surface area (Å²) in [4.78, 5) is 11.8. The molecule has 0 atom stereocenters. The van der Waals surface area contributed by atoms with Crippen molar-refractivity contribution in [2.45, 2.75) is 6.92 Å². The second kappa shape index (κ2) is 5.14. The number of amides is 1. The molecule has 0 bridgehead atoms. The largest absolute Gasteiger partial charge is 0.451 e. The lowest BCUT2D eigenvalue weighted by Gasteiger charge is -2.00. The van der Waals surface area contributed by atoms with Crippen LogP contribution in [-0.2, 0) is 0 Å². The minimum Gasteiger partial charge on any atom is -0.451 e. The van der Waals surface area contributed by atoms with E-state index in [1.165, 1.54) is 0 Å². The first-order chi connectivity index (χ1) is 8.13. The van der Waals surface area contributed by atoms with Crippen molar-refractivity contribution < 1.29 is 9.21 Å². The smallest absolute Gasteiger partial charge is 0.287 e. The molecule has 90 valence electrons. The molecule has 2 aromatic rings. The fraction of sp³-hybridized carbons (Fsp3) is 0.250. The normalized spacial score (nSPS) is 10.8. The van der Waals surface area contributed by atoms with E-state index in [4.69, 9.17) is 4.42 Å². The number of carbonyl (C=O) groups excluding carboxylic acids is 1. The summed E-state index contributed by atoms with van der Waals surface area (Å²) in [7, 11) is 0. The van der Waals surface area contributed by atoms with Gasteiger partial charge in [-0.05, 0) is 25.1 Å². The van der Waals surface area contributed by atoms with E-state index in [0.717, 1.165) is 21.0 Å². The summed E-state index contributed by atoms with van der Waals surface area (Å²) < 4.78 is 6.52.